The molecular weight excluding hydrogens is 358 g/mol. The van der Waals surface area contributed by atoms with Gasteiger partial charge in [0.15, 0.2) is 6.61 Å². The number of ether oxygens (including phenoxy) is 1. The quantitative estimate of drug-likeness (QED) is 0.400. The maximum absolute atomic E-state index is 12.2. The Balaban J connectivity index is 2.01. The topological polar surface area (TPSA) is 124 Å². The summed E-state index contributed by atoms with van der Waals surface area (Å²) in [4.78, 5) is 50.6. The van der Waals surface area contributed by atoms with Crippen molar-refractivity contribution in [2.75, 3.05) is 18.1 Å². The smallest absolute Gasteiger partial charge is 0.329 e. The molecule has 8 nitrogen and oxygen atoms in total. The molecule has 1 aromatic heterocycles. The van der Waals surface area contributed by atoms with E-state index in [2.05, 4.69) is 4.98 Å². The average molecular weight is 377 g/mol. The molecule has 0 atom stereocenters. The number of nitrogens with two attached hydrogens (primary N) is 1. The predicted molar refractivity (Wildman–Crippen MR) is 98.5 cm³/mol. The van der Waals surface area contributed by atoms with Gasteiger partial charge in [-0.2, -0.15) is 0 Å². The fraction of sp³-hybridized carbons (Fsp3) is 0.294. The zero-order valence-corrected chi connectivity index (χ0v) is 15.0. The van der Waals surface area contributed by atoms with Crippen LogP contribution in [0.3, 0.4) is 0 Å². The lowest BCUT2D eigenvalue weighted by Crippen LogP contribution is -2.37. The third-order valence-electron chi connectivity index (χ3n) is 3.43. The van der Waals surface area contributed by atoms with Crippen molar-refractivity contribution in [3.05, 3.63) is 56.7 Å². The Morgan fingerprint density at radius 3 is 2.58 bits per heavy atom. The first kappa shape index (κ1) is 19.5. The molecule has 9 heteroatoms. The van der Waals surface area contributed by atoms with Crippen molar-refractivity contribution in [2.45, 2.75) is 24.8 Å². The van der Waals surface area contributed by atoms with Crippen LogP contribution in [0.25, 0.3) is 0 Å². The number of thioether (sulfide) groups is 1. The molecule has 0 spiro atoms. The number of Topliss-reactive ketones (excluding diaryl/α,β-unsaturated/α-hetero) is 1. The van der Waals surface area contributed by atoms with Gasteiger partial charge in [-0.1, -0.05) is 25.1 Å². The first-order valence-electron chi connectivity index (χ1n) is 7.93. The number of aromatic amines is 1. The number of nitrogens with one attached hydrogen (secondary N) is 1. The Labute approximate surface area is 153 Å². The molecule has 138 valence electrons. The van der Waals surface area contributed by atoms with E-state index in [1.165, 1.54) is 11.8 Å². The molecule has 1 heterocycles. The molecule has 0 saturated heterocycles. The van der Waals surface area contributed by atoms with Gasteiger partial charge in [-0.15, -0.1) is 11.8 Å². The van der Waals surface area contributed by atoms with E-state index in [1.54, 1.807) is 0 Å². The van der Waals surface area contributed by atoms with Crippen molar-refractivity contribution in [3.8, 4) is 0 Å². The minimum Gasteiger partial charge on any atom is -0.457 e. The minimum absolute atomic E-state index is 0.0263. The molecular formula is C17H19N3O5S. The summed E-state index contributed by atoms with van der Waals surface area (Å²) in [6, 6.07) is 9.25. The summed E-state index contributed by atoms with van der Waals surface area (Å²) >= 11 is 1.27. The molecule has 0 radical (unpaired) electrons. The number of carbonyl (C=O) groups is 2. The highest BCUT2D eigenvalue weighted by Gasteiger charge is 2.20. The number of rotatable bonds is 8. The highest BCUT2D eigenvalue weighted by atomic mass is 32.2. The number of carbonyl (C=O) groups excluding carboxylic acids is 2. The summed E-state index contributed by atoms with van der Waals surface area (Å²) in [5.74, 6) is -1.55. The molecule has 2 aromatic rings. The number of anilines is 1. The number of benzene rings is 1. The molecule has 0 saturated carbocycles. The molecule has 2 rings (SSSR count). The molecule has 0 bridgehead atoms. The normalized spacial score (nSPS) is 10.5. The summed E-state index contributed by atoms with van der Waals surface area (Å²) < 4.78 is 6.03. The maximum Gasteiger partial charge on any atom is 0.329 e. The number of esters is 1. The molecule has 0 aliphatic carbocycles. The van der Waals surface area contributed by atoms with Crippen LogP contribution in [0.4, 0.5) is 5.82 Å². The summed E-state index contributed by atoms with van der Waals surface area (Å²) in [6.07, 6.45) is 0.593. The van der Waals surface area contributed by atoms with E-state index >= 15 is 0 Å². The van der Waals surface area contributed by atoms with Crippen LogP contribution in [0, 0.1) is 0 Å². The van der Waals surface area contributed by atoms with Crippen LogP contribution in [0.1, 0.15) is 23.7 Å². The zero-order chi connectivity index (χ0) is 19.1. The number of hydrogen-bond donors (Lipinski definition) is 2. The van der Waals surface area contributed by atoms with E-state index in [0.29, 0.717) is 6.42 Å². The Kier molecular flexibility index (Phi) is 6.79. The summed E-state index contributed by atoms with van der Waals surface area (Å²) in [7, 11) is 0. The van der Waals surface area contributed by atoms with Crippen LogP contribution >= 0.6 is 11.8 Å². The molecule has 0 fully saturated rings. The van der Waals surface area contributed by atoms with Crippen LogP contribution in [-0.4, -0.2) is 33.7 Å². The van der Waals surface area contributed by atoms with Gasteiger partial charge in [-0.25, -0.2) is 4.79 Å². The van der Waals surface area contributed by atoms with Gasteiger partial charge in [0, 0.05) is 11.4 Å². The second-order valence-corrected chi connectivity index (χ2v) is 6.41. The highest BCUT2D eigenvalue weighted by Crippen LogP contribution is 2.16. The Morgan fingerprint density at radius 2 is 1.92 bits per heavy atom. The average Bonchev–Trinajstić information content (AvgIpc) is 2.62. The third-order valence-corrected chi connectivity index (χ3v) is 4.42. The Hall–Kier alpha value is -2.81. The fourth-order valence-electron chi connectivity index (χ4n) is 2.22. The Morgan fingerprint density at radius 1 is 1.23 bits per heavy atom. The fourth-order valence-corrected chi connectivity index (χ4v) is 2.94. The van der Waals surface area contributed by atoms with Gasteiger partial charge in [-0.05, 0) is 18.6 Å². The molecule has 0 amide bonds. The summed E-state index contributed by atoms with van der Waals surface area (Å²) in [5.41, 5.74) is 3.85. The van der Waals surface area contributed by atoms with Crippen molar-refractivity contribution in [2.24, 2.45) is 0 Å². The number of nitrogen functional groups attached to an aromatic ring is 1. The van der Waals surface area contributed by atoms with E-state index in [-0.39, 0.29) is 23.7 Å². The van der Waals surface area contributed by atoms with Crippen molar-refractivity contribution < 1.29 is 14.3 Å². The predicted octanol–water partition coefficient (Wildman–Crippen LogP) is 1.05. The van der Waals surface area contributed by atoms with Gasteiger partial charge in [0.25, 0.3) is 5.56 Å². The molecule has 26 heavy (non-hydrogen) atoms. The second-order valence-electron chi connectivity index (χ2n) is 5.36. The number of H-pyrrole nitrogens is 1. The van der Waals surface area contributed by atoms with Gasteiger partial charge >= 0.3 is 11.7 Å². The maximum atomic E-state index is 12.2. The molecule has 0 unspecified atom stereocenters. The third kappa shape index (κ3) is 4.85. The standard InChI is InChI=1S/C17H19N3O5S/c1-2-8-20-15(18)14(16(23)19-17(20)24)12(21)9-25-13(22)10-26-11-6-4-3-5-7-11/h3-7H,2,8-10,18H2,1H3,(H,19,23,24). The van der Waals surface area contributed by atoms with Gasteiger partial charge in [-0.3, -0.25) is 23.9 Å². The Bertz CT molecular complexity index is 905. The molecule has 0 aliphatic heterocycles. The van der Waals surface area contributed by atoms with E-state index in [0.717, 1.165) is 9.46 Å². The summed E-state index contributed by atoms with van der Waals surface area (Å²) in [5, 5.41) is 0. The van der Waals surface area contributed by atoms with Gasteiger partial charge in [0.1, 0.15) is 11.4 Å². The van der Waals surface area contributed by atoms with Crippen LogP contribution in [0.2, 0.25) is 0 Å². The van der Waals surface area contributed by atoms with Gasteiger partial charge in [0.2, 0.25) is 5.78 Å². The number of ketones is 1. The highest BCUT2D eigenvalue weighted by molar-refractivity contribution is 8.00. The molecule has 3 N–H and O–H groups in total. The first-order chi connectivity index (χ1) is 12.4. The second kappa shape index (κ2) is 9.04. The number of nitrogens with zero attached hydrogens (tertiary/aromatic N) is 1. The van der Waals surface area contributed by atoms with Crippen molar-refractivity contribution >= 4 is 29.3 Å². The lowest BCUT2D eigenvalue weighted by Gasteiger charge is -2.11. The number of aromatic nitrogens is 2. The number of hydrogen-bond acceptors (Lipinski definition) is 7. The van der Waals surface area contributed by atoms with Gasteiger partial charge in [0.05, 0.1) is 5.75 Å². The van der Waals surface area contributed by atoms with Gasteiger partial charge < -0.3 is 10.5 Å². The zero-order valence-electron chi connectivity index (χ0n) is 14.2. The monoisotopic (exact) mass is 377 g/mol. The van der Waals surface area contributed by atoms with Crippen LogP contribution < -0.4 is 17.0 Å². The largest absolute Gasteiger partial charge is 0.457 e. The van der Waals surface area contributed by atoms with E-state index in [1.807, 2.05) is 37.3 Å². The molecule has 1 aromatic carbocycles. The lowest BCUT2D eigenvalue weighted by atomic mass is 10.2. The minimum atomic E-state index is -0.889. The molecule has 0 aliphatic rings. The van der Waals surface area contributed by atoms with Crippen LogP contribution in [0.5, 0.6) is 0 Å². The first-order valence-corrected chi connectivity index (χ1v) is 8.91. The van der Waals surface area contributed by atoms with Crippen molar-refractivity contribution in [1.29, 1.82) is 0 Å². The van der Waals surface area contributed by atoms with E-state index < -0.39 is 29.6 Å². The van der Waals surface area contributed by atoms with E-state index in [4.69, 9.17) is 10.5 Å². The van der Waals surface area contributed by atoms with Crippen LogP contribution in [-0.2, 0) is 16.1 Å². The SMILES string of the molecule is CCCn1c(N)c(C(=O)COC(=O)CSc2ccccc2)c(=O)[nH]c1=O. The van der Waals surface area contributed by atoms with Crippen molar-refractivity contribution in [3.63, 3.8) is 0 Å². The van der Waals surface area contributed by atoms with Crippen molar-refractivity contribution in [1.82, 2.24) is 9.55 Å². The lowest BCUT2D eigenvalue weighted by molar-refractivity contribution is -0.139. The van der Waals surface area contributed by atoms with E-state index in [9.17, 15) is 19.2 Å². The van der Waals surface area contributed by atoms with Crippen LogP contribution in [0.15, 0.2) is 44.8 Å². The summed E-state index contributed by atoms with van der Waals surface area (Å²) in [6.45, 7) is 1.46.